The zero-order valence-electron chi connectivity index (χ0n) is 10.4. The fraction of sp³-hybridized carbons (Fsp3) is 0.417. The van der Waals surface area contributed by atoms with Crippen LogP contribution in [0.3, 0.4) is 0 Å². The van der Waals surface area contributed by atoms with E-state index in [1.54, 1.807) is 6.20 Å². The average Bonchev–Trinajstić information content (AvgIpc) is 2.78. The highest BCUT2D eigenvalue weighted by molar-refractivity contribution is 5.54. The molecule has 0 aromatic carbocycles. The van der Waals surface area contributed by atoms with E-state index in [2.05, 4.69) is 15.1 Å². The molecule has 0 bridgehead atoms. The van der Waals surface area contributed by atoms with Crippen LogP contribution in [0.4, 0.5) is 0 Å². The molecule has 0 amide bonds. The Labute approximate surface area is 105 Å². The van der Waals surface area contributed by atoms with E-state index in [0.29, 0.717) is 24.5 Å². The molecule has 2 aromatic rings. The Hall–Kier alpha value is -1.79. The minimum Gasteiger partial charge on any atom is -0.383 e. The molecule has 0 aliphatic rings. The fourth-order valence-electron chi connectivity index (χ4n) is 1.70. The van der Waals surface area contributed by atoms with Crippen molar-refractivity contribution >= 4 is 0 Å². The Morgan fingerprint density at radius 1 is 1.44 bits per heavy atom. The van der Waals surface area contributed by atoms with Crippen LogP contribution in [0.5, 0.6) is 0 Å². The van der Waals surface area contributed by atoms with Gasteiger partial charge in [-0.2, -0.15) is 4.98 Å². The molecule has 0 aliphatic carbocycles. The maximum atomic E-state index is 9.70. The lowest BCUT2D eigenvalue weighted by atomic mass is 10.1. The average molecular weight is 248 g/mol. The molecular formula is C12H16N4O2. The van der Waals surface area contributed by atoms with Crippen molar-refractivity contribution in [2.24, 2.45) is 5.73 Å². The SMILES string of the molecule is Cc1cnc(-c2noc(C(O)CCN)n2)c(C)c1. The quantitative estimate of drug-likeness (QED) is 0.841. The van der Waals surface area contributed by atoms with Gasteiger partial charge in [0, 0.05) is 6.20 Å². The Morgan fingerprint density at radius 2 is 2.22 bits per heavy atom. The van der Waals surface area contributed by atoms with Crippen LogP contribution < -0.4 is 5.73 Å². The summed E-state index contributed by atoms with van der Waals surface area (Å²) in [6.45, 7) is 4.26. The van der Waals surface area contributed by atoms with Crippen LogP contribution in [0, 0.1) is 13.8 Å². The molecule has 0 saturated carbocycles. The highest BCUT2D eigenvalue weighted by atomic mass is 16.5. The number of hydrogen-bond donors (Lipinski definition) is 2. The van der Waals surface area contributed by atoms with E-state index >= 15 is 0 Å². The summed E-state index contributed by atoms with van der Waals surface area (Å²) in [4.78, 5) is 8.42. The molecule has 1 unspecified atom stereocenters. The molecule has 6 heteroatoms. The van der Waals surface area contributed by atoms with Crippen molar-refractivity contribution in [1.29, 1.82) is 0 Å². The summed E-state index contributed by atoms with van der Waals surface area (Å²) >= 11 is 0. The van der Waals surface area contributed by atoms with E-state index < -0.39 is 6.10 Å². The van der Waals surface area contributed by atoms with Crippen LogP contribution in [0.1, 0.15) is 29.5 Å². The molecule has 2 rings (SSSR count). The third-order valence-corrected chi connectivity index (χ3v) is 2.59. The van der Waals surface area contributed by atoms with E-state index in [-0.39, 0.29) is 5.89 Å². The molecule has 1 atom stereocenters. The summed E-state index contributed by atoms with van der Waals surface area (Å²) in [5, 5.41) is 13.5. The molecule has 0 fully saturated rings. The van der Waals surface area contributed by atoms with Crippen molar-refractivity contribution in [3.63, 3.8) is 0 Å². The van der Waals surface area contributed by atoms with Gasteiger partial charge in [-0.3, -0.25) is 4.98 Å². The van der Waals surface area contributed by atoms with Gasteiger partial charge in [0.1, 0.15) is 11.8 Å². The van der Waals surface area contributed by atoms with Gasteiger partial charge in [0.25, 0.3) is 5.89 Å². The molecule has 0 saturated heterocycles. The second-order valence-electron chi connectivity index (χ2n) is 4.23. The maximum Gasteiger partial charge on any atom is 0.255 e. The van der Waals surface area contributed by atoms with Gasteiger partial charge in [-0.25, -0.2) is 0 Å². The third-order valence-electron chi connectivity index (χ3n) is 2.59. The fourth-order valence-corrected chi connectivity index (χ4v) is 1.70. The lowest BCUT2D eigenvalue weighted by Crippen LogP contribution is -2.06. The van der Waals surface area contributed by atoms with Gasteiger partial charge >= 0.3 is 0 Å². The summed E-state index contributed by atoms with van der Waals surface area (Å²) in [6, 6.07) is 1.99. The Kier molecular flexibility index (Phi) is 3.69. The van der Waals surface area contributed by atoms with Crippen LogP contribution in [0.15, 0.2) is 16.8 Å². The summed E-state index contributed by atoms with van der Waals surface area (Å²) in [6.07, 6.45) is 1.32. The number of aliphatic hydroxyl groups excluding tert-OH is 1. The monoisotopic (exact) mass is 248 g/mol. The largest absolute Gasteiger partial charge is 0.383 e. The summed E-state index contributed by atoms with van der Waals surface area (Å²) in [7, 11) is 0. The number of nitrogens with two attached hydrogens (primary N) is 1. The standard InChI is InChI=1S/C12H16N4O2/c1-7-5-8(2)10(14-6-7)11-15-12(18-16-11)9(17)3-4-13/h5-6,9,17H,3-4,13H2,1-2H3. The molecule has 96 valence electrons. The zero-order valence-corrected chi connectivity index (χ0v) is 10.4. The number of pyridine rings is 1. The first-order valence-corrected chi connectivity index (χ1v) is 5.77. The Morgan fingerprint density at radius 3 is 2.89 bits per heavy atom. The highest BCUT2D eigenvalue weighted by Crippen LogP contribution is 2.21. The van der Waals surface area contributed by atoms with Crippen LogP contribution in [0.25, 0.3) is 11.5 Å². The van der Waals surface area contributed by atoms with E-state index in [1.807, 2.05) is 19.9 Å². The Bertz CT molecular complexity index is 539. The highest BCUT2D eigenvalue weighted by Gasteiger charge is 2.17. The number of hydrogen-bond acceptors (Lipinski definition) is 6. The van der Waals surface area contributed by atoms with Crippen molar-refractivity contribution in [2.75, 3.05) is 6.54 Å². The van der Waals surface area contributed by atoms with Gasteiger partial charge in [0.2, 0.25) is 5.82 Å². The first kappa shape index (κ1) is 12.7. The predicted octanol–water partition coefficient (Wildman–Crippen LogP) is 1.13. The first-order chi connectivity index (χ1) is 8.61. The minimum absolute atomic E-state index is 0.178. The first-order valence-electron chi connectivity index (χ1n) is 5.77. The Balaban J connectivity index is 2.29. The van der Waals surface area contributed by atoms with Gasteiger partial charge in [-0.15, -0.1) is 0 Å². The maximum absolute atomic E-state index is 9.70. The number of aliphatic hydroxyl groups is 1. The summed E-state index contributed by atoms with van der Waals surface area (Å²) in [5.74, 6) is 0.566. The van der Waals surface area contributed by atoms with Crippen molar-refractivity contribution < 1.29 is 9.63 Å². The van der Waals surface area contributed by atoms with E-state index in [0.717, 1.165) is 11.1 Å². The van der Waals surface area contributed by atoms with Gasteiger partial charge < -0.3 is 15.4 Å². The normalized spacial score (nSPS) is 12.7. The van der Waals surface area contributed by atoms with Crippen LogP contribution in [-0.4, -0.2) is 26.8 Å². The smallest absolute Gasteiger partial charge is 0.255 e. The molecule has 3 N–H and O–H groups in total. The predicted molar refractivity (Wildman–Crippen MR) is 65.6 cm³/mol. The van der Waals surface area contributed by atoms with Crippen molar-refractivity contribution in [2.45, 2.75) is 26.4 Å². The van der Waals surface area contributed by atoms with Crippen molar-refractivity contribution in [3.05, 3.63) is 29.3 Å². The van der Waals surface area contributed by atoms with Gasteiger partial charge in [-0.05, 0) is 37.9 Å². The van der Waals surface area contributed by atoms with Crippen molar-refractivity contribution in [1.82, 2.24) is 15.1 Å². The molecule has 0 aliphatic heterocycles. The van der Waals surface area contributed by atoms with Gasteiger partial charge in [0.05, 0.1) is 0 Å². The molecule has 0 radical (unpaired) electrons. The van der Waals surface area contributed by atoms with Crippen LogP contribution in [0.2, 0.25) is 0 Å². The second kappa shape index (κ2) is 5.24. The lowest BCUT2D eigenvalue weighted by Gasteiger charge is -2.02. The second-order valence-corrected chi connectivity index (χ2v) is 4.23. The van der Waals surface area contributed by atoms with Crippen LogP contribution in [-0.2, 0) is 0 Å². The summed E-state index contributed by atoms with van der Waals surface area (Å²) in [5.41, 5.74) is 8.07. The third kappa shape index (κ3) is 2.55. The minimum atomic E-state index is -0.818. The molecule has 2 heterocycles. The summed E-state index contributed by atoms with van der Waals surface area (Å²) < 4.78 is 5.01. The number of aryl methyl sites for hydroxylation is 2. The molecular weight excluding hydrogens is 232 g/mol. The molecule has 2 aromatic heterocycles. The van der Waals surface area contributed by atoms with Crippen LogP contribution >= 0.6 is 0 Å². The van der Waals surface area contributed by atoms with Gasteiger partial charge in [-0.1, -0.05) is 11.2 Å². The molecule has 18 heavy (non-hydrogen) atoms. The van der Waals surface area contributed by atoms with E-state index in [1.165, 1.54) is 0 Å². The topological polar surface area (TPSA) is 98.1 Å². The number of rotatable bonds is 4. The van der Waals surface area contributed by atoms with E-state index in [4.69, 9.17) is 10.3 Å². The molecule has 0 spiro atoms. The lowest BCUT2D eigenvalue weighted by molar-refractivity contribution is 0.127. The number of aromatic nitrogens is 3. The zero-order chi connectivity index (χ0) is 13.1. The molecule has 6 nitrogen and oxygen atoms in total. The van der Waals surface area contributed by atoms with E-state index in [9.17, 15) is 5.11 Å². The van der Waals surface area contributed by atoms with Gasteiger partial charge in [0.15, 0.2) is 0 Å². The van der Waals surface area contributed by atoms with Crippen molar-refractivity contribution in [3.8, 4) is 11.5 Å². The number of nitrogens with zero attached hydrogens (tertiary/aromatic N) is 3.